The lowest BCUT2D eigenvalue weighted by atomic mass is 10.3. The van der Waals surface area contributed by atoms with Crippen molar-refractivity contribution in [2.45, 2.75) is 13.3 Å². The first-order valence-electron chi connectivity index (χ1n) is 6.59. The van der Waals surface area contributed by atoms with Crippen LogP contribution < -0.4 is 5.32 Å². The predicted octanol–water partition coefficient (Wildman–Crippen LogP) is 1.11. The fourth-order valence-electron chi connectivity index (χ4n) is 2.35. The topological polar surface area (TPSA) is 92.5 Å². The van der Waals surface area contributed by atoms with E-state index in [1.807, 2.05) is 0 Å². The number of hydrogen-bond acceptors (Lipinski definition) is 5. The third kappa shape index (κ3) is 2.91. The summed E-state index contributed by atoms with van der Waals surface area (Å²) in [5.74, 6) is 0.307. The van der Waals surface area contributed by atoms with E-state index in [0.29, 0.717) is 35.6 Å². The molecule has 1 aliphatic heterocycles. The molecule has 1 aromatic carbocycles. The second-order valence-corrected chi connectivity index (χ2v) is 7.06. The van der Waals surface area contributed by atoms with E-state index in [-0.39, 0.29) is 18.2 Å². The van der Waals surface area contributed by atoms with E-state index < -0.39 is 10.0 Å². The minimum absolute atomic E-state index is 0.116. The summed E-state index contributed by atoms with van der Waals surface area (Å²) in [6, 6.07) is 5.11. The van der Waals surface area contributed by atoms with Crippen LogP contribution in [0.2, 0.25) is 0 Å². The van der Waals surface area contributed by atoms with Crippen molar-refractivity contribution in [2.24, 2.45) is 0 Å². The molecule has 0 radical (unpaired) electrons. The van der Waals surface area contributed by atoms with Crippen molar-refractivity contribution in [1.82, 2.24) is 9.29 Å². The maximum absolute atomic E-state index is 11.9. The molecule has 2 aromatic rings. The monoisotopic (exact) mass is 309 g/mol. The molecule has 1 amide bonds. The lowest BCUT2D eigenvalue weighted by Crippen LogP contribution is -2.34. The lowest BCUT2D eigenvalue weighted by molar-refractivity contribution is -0.116. The second-order valence-electron chi connectivity index (χ2n) is 4.97. The quantitative estimate of drug-likeness (QED) is 0.917. The summed E-state index contributed by atoms with van der Waals surface area (Å²) < 4.78 is 29.9. The number of sulfonamides is 1. The largest absolute Gasteiger partial charge is 0.441 e. The number of oxazole rings is 1. The van der Waals surface area contributed by atoms with Crippen LogP contribution in [0.25, 0.3) is 11.1 Å². The summed E-state index contributed by atoms with van der Waals surface area (Å²) in [7, 11) is -3.26. The number of benzene rings is 1. The van der Waals surface area contributed by atoms with Crippen molar-refractivity contribution in [3.05, 3.63) is 24.1 Å². The summed E-state index contributed by atoms with van der Waals surface area (Å²) in [4.78, 5) is 16.1. The van der Waals surface area contributed by atoms with Gasteiger partial charge in [-0.3, -0.25) is 4.79 Å². The molecular weight excluding hydrogens is 294 g/mol. The average molecular weight is 309 g/mol. The SMILES string of the molecule is Cc1nc2cc(NC(=O)CN3CCCS3(=O)=O)ccc2o1. The summed E-state index contributed by atoms with van der Waals surface area (Å²) in [5.41, 5.74) is 1.86. The fraction of sp³-hybridized carbons (Fsp3) is 0.385. The van der Waals surface area contributed by atoms with E-state index in [1.165, 1.54) is 4.31 Å². The Balaban J connectivity index is 1.71. The van der Waals surface area contributed by atoms with Crippen LogP contribution in [0.1, 0.15) is 12.3 Å². The Kier molecular flexibility index (Phi) is 3.42. The average Bonchev–Trinajstić information content (AvgIpc) is 2.91. The number of fused-ring (bicyclic) bond motifs is 1. The molecule has 2 heterocycles. The number of amides is 1. The van der Waals surface area contributed by atoms with Gasteiger partial charge in [0.15, 0.2) is 11.5 Å². The van der Waals surface area contributed by atoms with Gasteiger partial charge in [-0.1, -0.05) is 0 Å². The van der Waals surface area contributed by atoms with Crippen LogP contribution >= 0.6 is 0 Å². The number of carbonyl (C=O) groups excluding carboxylic acids is 1. The van der Waals surface area contributed by atoms with E-state index >= 15 is 0 Å². The number of rotatable bonds is 3. The smallest absolute Gasteiger partial charge is 0.239 e. The molecule has 21 heavy (non-hydrogen) atoms. The molecule has 7 nitrogen and oxygen atoms in total. The molecule has 1 aromatic heterocycles. The van der Waals surface area contributed by atoms with Crippen LogP contribution in [0.15, 0.2) is 22.6 Å². The molecular formula is C13H15N3O4S. The maximum atomic E-state index is 11.9. The molecule has 0 unspecified atom stereocenters. The second kappa shape index (κ2) is 5.12. The van der Waals surface area contributed by atoms with Gasteiger partial charge in [0.2, 0.25) is 15.9 Å². The Labute approximate surface area is 122 Å². The minimum atomic E-state index is -3.26. The van der Waals surface area contributed by atoms with Gasteiger partial charge >= 0.3 is 0 Å². The maximum Gasteiger partial charge on any atom is 0.239 e. The van der Waals surface area contributed by atoms with Crippen molar-refractivity contribution in [1.29, 1.82) is 0 Å². The molecule has 1 aliphatic rings. The van der Waals surface area contributed by atoms with Gasteiger partial charge in [-0.15, -0.1) is 0 Å². The van der Waals surface area contributed by atoms with E-state index in [9.17, 15) is 13.2 Å². The van der Waals surface area contributed by atoms with Crippen molar-refractivity contribution < 1.29 is 17.6 Å². The predicted molar refractivity (Wildman–Crippen MR) is 77.4 cm³/mol. The van der Waals surface area contributed by atoms with E-state index in [2.05, 4.69) is 10.3 Å². The molecule has 0 saturated carbocycles. The molecule has 8 heteroatoms. The fourth-order valence-corrected chi connectivity index (χ4v) is 3.82. The van der Waals surface area contributed by atoms with Crippen molar-refractivity contribution in [3.63, 3.8) is 0 Å². The number of nitrogens with zero attached hydrogens (tertiary/aromatic N) is 2. The highest BCUT2D eigenvalue weighted by atomic mass is 32.2. The van der Waals surface area contributed by atoms with E-state index in [1.54, 1.807) is 25.1 Å². The van der Waals surface area contributed by atoms with Gasteiger partial charge in [0, 0.05) is 19.2 Å². The van der Waals surface area contributed by atoms with Crippen LogP contribution in [-0.4, -0.2) is 42.5 Å². The van der Waals surface area contributed by atoms with Gasteiger partial charge in [0.25, 0.3) is 0 Å². The Morgan fingerprint density at radius 1 is 1.48 bits per heavy atom. The number of hydrogen-bond donors (Lipinski definition) is 1. The summed E-state index contributed by atoms with van der Waals surface area (Å²) in [6.07, 6.45) is 0.569. The van der Waals surface area contributed by atoms with Crippen molar-refractivity contribution >= 4 is 32.7 Å². The first-order valence-corrected chi connectivity index (χ1v) is 8.20. The molecule has 1 saturated heterocycles. The van der Waals surface area contributed by atoms with Gasteiger partial charge in [0.1, 0.15) is 5.52 Å². The first-order chi connectivity index (χ1) is 9.94. The third-order valence-corrected chi connectivity index (χ3v) is 5.20. The van der Waals surface area contributed by atoms with E-state index in [0.717, 1.165) is 0 Å². The molecule has 3 rings (SSSR count). The highest BCUT2D eigenvalue weighted by Crippen LogP contribution is 2.20. The number of anilines is 1. The molecule has 0 bridgehead atoms. The first kappa shape index (κ1) is 14.0. The Hall–Kier alpha value is -1.93. The Morgan fingerprint density at radius 2 is 2.29 bits per heavy atom. The number of aromatic nitrogens is 1. The highest BCUT2D eigenvalue weighted by Gasteiger charge is 2.29. The van der Waals surface area contributed by atoms with Crippen LogP contribution in [0.3, 0.4) is 0 Å². The van der Waals surface area contributed by atoms with E-state index in [4.69, 9.17) is 4.42 Å². The van der Waals surface area contributed by atoms with Gasteiger partial charge in [0.05, 0.1) is 12.3 Å². The van der Waals surface area contributed by atoms with Crippen LogP contribution in [0, 0.1) is 6.92 Å². The zero-order valence-electron chi connectivity index (χ0n) is 11.5. The molecule has 1 fully saturated rings. The Bertz CT molecular complexity index is 797. The number of carbonyl (C=O) groups is 1. The molecule has 112 valence electrons. The number of aryl methyl sites for hydroxylation is 1. The van der Waals surface area contributed by atoms with Crippen LogP contribution in [0.4, 0.5) is 5.69 Å². The van der Waals surface area contributed by atoms with Crippen molar-refractivity contribution in [2.75, 3.05) is 24.2 Å². The van der Waals surface area contributed by atoms with Gasteiger partial charge in [-0.25, -0.2) is 13.4 Å². The summed E-state index contributed by atoms with van der Waals surface area (Å²) in [6.45, 7) is 1.99. The lowest BCUT2D eigenvalue weighted by Gasteiger charge is -2.13. The normalized spacial score (nSPS) is 18.1. The summed E-state index contributed by atoms with van der Waals surface area (Å²) >= 11 is 0. The van der Waals surface area contributed by atoms with Gasteiger partial charge in [-0.2, -0.15) is 4.31 Å². The molecule has 1 N–H and O–H groups in total. The Morgan fingerprint density at radius 3 is 3.00 bits per heavy atom. The zero-order valence-corrected chi connectivity index (χ0v) is 12.3. The molecule has 0 atom stereocenters. The van der Waals surface area contributed by atoms with Crippen LogP contribution in [-0.2, 0) is 14.8 Å². The number of nitrogens with one attached hydrogen (secondary N) is 1. The van der Waals surface area contributed by atoms with Crippen LogP contribution in [0.5, 0.6) is 0 Å². The van der Waals surface area contributed by atoms with Gasteiger partial charge < -0.3 is 9.73 Å². The standard InChI is InChI=1S/C13H15N3O4S/c1-9-14-11-7-10(3-4-12(11)20-9)15-13(17)8-16-5-2-6-21(16,18)19/h3-4,7H,2,5-6,8H2,1H3,(H,15,17). The minimum Gasteiger partial charge on any atom is -0.441 e. The zero-order chi connectivity index (χ0) is 15.0. The molecule has 0 aliphatic carbocycles. The summed E-state index contributed by atoms with van der Waals surface area (Å²) in [5, 5.41) is 2.68. The van der Waals surface area contributed by atoms with Crippen molar-refractivity contribution in [3.8, 4) is 0 Å². The third-order valence-electron chi connectivity index (χ3n) is 3.30. The molecule has 0 spiro atoms. The van der Waals surface area contributed by atoms with Gasteiger partial charge in [-0.05, 0) is 24.6 Å². The highest BCUT2D eigenvalue weighted by molar-refractivity contribution is 7.89.